The molecule has 1 heterocycles. The Hall–Kier alpha value is -0.760. The standard InChI is InChI=1S/C8H14N2/c1-2-3-6-10-7-4-9-5-8-10/h2-3,6,9H,1,4-5,7-8H2/b6-3+. The molecule has 1 fully saturated rings. The first kappa shape index (κ1) is 7.35. The van der Waals surface area contributed by atoms with Crippen LogP contribution in [-0.2, 0) is 0 Å². The zero-order valence-electron chi connectivity index (χ0n) is 6.21. The maximum Gasteiger partial charge on any atom is 0.0298 e. The summed E-state index contributed by atoms with van der Waals surface area (Å²) in [4.78, 5) is 2.29. The Labute approximate surface area is 62.2 Å². The van der Waals surface area contributed by atoms with Gasteiger partial charge in [0.05, 0.1) is 0 Å². The molecule has 0 amide bonds. The highest BCUT2D eigenvalue weighted by molar-refractivity contribution is 4.97. The van der Waals surface area contributed by atoms with Gasteiger partial charge in [0.1, 0.15) is 0 Å². The first-order chi connectivity index (χ1) is 4.93. The third-order valence-electron chi connectivity index (χ3n) is 1.58. The smallest absolute Gasteiger partial charge is 0.0298 e. The van der Waals surface area contributed by atoms with E-state index in [1.807, 2.05) is 12.2 Å². The van der Waals surface area contributed by atoms with Crippen molar-refractivity contribution in [1.29, 1.82) is 0 Å². The first-order valence-electron chi connectivity index (χ1n) is 3.67. The molecular weight excluding hydrogens is 124 g/mol. The molecule has 10 heavy (non-hydrogen) atoms. The van der Waals surface area contributed by atoms with E-state index in [0.717, 1.165) is 26.2 Å². The first-order valence-corrected chi connectivity index (χ1v) is 3.67. The Morgan fingerprint density at radius 1 is 1.30 bits per heavy atom. The average Bonchev–Trinajstić information content (AvgIpc) is 2.03. The van der Waals surface area contributed by atoms with E-state index < -0.39 is 0 Å². The van der Waals surface area contributed by atoms with Gasteiger partial charge in [-0.05, 0) is 12.3 Å². The van der Waals surface area contributed by atoms with Crippen molar-refractivity contribution >= 4 is 0 Å². The van der Waals surface area contributed by atoms with Crippen LogP contribution < -0.4 is 5.32 Å². The Balaban J connectivity index is 2.25. The number of allylic oxidation sites excluding steroid dienone is 2. The van der Waals surface area contributed by atoms with Gasteiger partial charge in [0.15, 0.2) is 0 Å². The highest BCUT2D eigenvalue weighted by Gasteiger charge is 2.02. The fourth-order valence-corrected chi connectivity index (χ4v) is 1.01. The molecule has 0 aromatic rings. The molecule has 0 saturated carbocycles. The number of rotatable bonds is 2. The van der Waals surface area contributed by atoms with E-state index in [-0.39, 0.29) is 0 Å². The second-order valence-corrected chi connectivity index (χ2v) is 2.36. The molecule has 0 aromatic heterocycles. The summed E-state index contributed by atoms with van der Waals surface area (Å²) in [5.74, 6) is 0. The minimum absolute atomic E-state index is 1.10. The predicted octanol–water partition coefficient (Wildman–Crippen LogP) is 0.591. The fourth-order valence-electron chi connectivity index (χ4n) is 1.01. The summed E-state index contributed by atoms with van der Waals surface area (Å²) < 4.78 is 0. The molecule has 0 unspecified atom stereocenters. The van der Waals surface area contributed by atoms with Crippen molar-refractivity contribution in [3.63, 3.8) is 0 Å². The van der Waals surface area contributed by atoms with E-state index in [1.165, 1.54) is 0 Å². The van der Waals surface area contributed by atoms with Gasteiger partial charge in [-0.2, -0.15) is 0 Å². The lowest BCUT2D eigenvalue weighted by atomic mass is 10.4. The van der Waals surface area contributed by atoms with Crippen LogP contribution in [-0.4, -0.2) is 31.1 Å². The Morgan fingerprint density at radius 2 is 2.00 bits per heavy atom. The second kappa shape index (κ2) is 4.12. The molecule has 1 aliphatic rings. The molecular formula is C8H14N2. The van der Waals surface area contributed by atoms with Crippen LogP contribution in [0, 0.1) is 0 Å². The van der Waals surface area contributed by atoms with Crippen molar-refractivity contribution in [3.8, 4) is 0 Å². The Bertz CT molecular complexity index is 123. The molecule has 1 N–H and O–H groups in total. The third-order valence-corrected chi connectivity index (χ3v) is 1.58. The predicted molar refractivity (Wildman–Crippen MR) is 43.8 cm³/mol. The topological polar surface area (TPSA) is 15.3 Å². The van der Waals surface area contributed by atoms with Crippen LogP contribution >= 0.6 is 0 Å². The molecule has 1 aliphatic heterocycles. The van der Waals surface area contributed by atoms with Gasteiger partial charge in [-0.15, -0.1) is 0 Å². The van der Waals surface area contributed by atoms with E-state index >= 15 is 0 Å². The normalized spacial score (nSPS) is 19.8. The zero-order valence-corrected chi connectivity index (χ0v) is 6.21. The van der Waals surface area contributed by atoms with Crippen LogP contribution in [0.5, 0.6) is 0 Å². The van der Waals surface area contributed by atoms with Gasteiger partial charge in [0.25, 0.3) is 0 Å². The van der Waals surface area contributed by atoms with Crippen molar-refractivity contribution in [1.82, 2.24) is 10.2 Å². The SMILES string of the molecule is C=C/C=C/N1CCNCC1. The van der Waals surface area contributed by atoms with Crippen LogP contribution in [0.1, 0.15) is 0 Å². The van der Waals surface area contributed by atoms with Gasteiger partial charge in [-0.1, -0.05) is 12.7 Å². The molecule has 0 aromatic carbocycles. The summed E-state index contributed by atoms with van der Waals surface area (Å²) in [7, 11) is 0. The summed E-state index contributed by atoms with van der Waals surface area (Å²) in [6, 6.07) is 0. The van der Waals surface area contributed by atoms with Crippen molar-refractivity contribution in [3.05, 3.63) is 24.9 Å². The van der Waals surface area contributed by atoms with Crippen molar-refractivity contribution in [2.24, 2.45) is 0 Å². The molecule has 0 radical (unpaired) electrons. The number of hydrogen-bond donors (Lipinski definition) is 1. The lowest BCUT2D eigenvalue weighted by Crippen LogP contribution is -2.40. The molecule has 2 nitrogen and oxygen atoms in total. The molecule has 1 saturated heterocycles. The van der Waals surface area contributed by atoms with Crippen LogP contribution in [0.3, 0.4) is 0 Å². The summed E-state index contributed by atoms with van der Waals surface area (Å²) in [6.07, 6.45) is 5.88. The largest absolute Gasteiger partial charge is 0.375 e. The highest BCUT2D eigenvalue weighted by Crippen LogP contribution is 1.92. The van der Waals surface area contributed by atoms with E-state index in [9.17, 15) is 0 Å². The lowest BCUT2D eigenvalue weighted by molar-refractivity contribution is 0.324. The van der Waals surface area contributed by atoms with E-state index in [1.54, 1.807) is 0 Å². The quantitative estimate of drug-likeness (QED) is 0.562. The minimum atomic E-state index is 1.10. The van der Waals surface area contributed by atoms with Crippen molar-refractivity contribution < 1.29 is 0 Å². The zero-order chi connectivity index (χ0) is 7.23. The summed E-state index contributed by atoms with van der Waals surface area (Å²) in [6.45, 7) is 8.04. The maximum atomic E-state index is 3.62. The summed E-state index contributed by atoms with van der Waals surface area (Å²) in [5.41, 5.74) is 0. The maximum absolute atomic E-state index is 3.62. The van der Waals surface area contributed by atoms with E-state index in [4.69, 9.17) is 0 Å². The average molecular weight is 138 g/mol. The van der Waals surface area contributed by atoms with Gasteiger partial charge < -0.3 is 10.2 Å². The Kier molecular flexibility index (Phi) is 3.03. The number of nitrogens with one attached hydrogen (secondary N) is 1. The van der Waals surface area contributed by atoms with Crippen LogP contribution in [0.25, 0.3) is 0 Å². The fraction of sp³-hybridized carbons (Fsp3) is 0.500. The molecule has 0 spiro atoms. The van der Waals surface area contributed by atoms with Gasteiger partial charge in [-0.25, -0.2) is 0 Å². The Morgan fingerprint density at radius 3 is 2.60 bits per heavy atom. The van der Waals surface area contributed by atoms with Crippen LogP contribution in [0.15, 0.2) is 24.9 Å². The highest BCUT2D eigenvalue weighted by atomic mass is 15.2. The molecule has 2 heteroatoms. The van der Waals surface area contributed by atoms with Crippen LogP contribution in [0.4, 0.5) is 0 Å². The number of piperazine rings is 1. The molecule has 0 atom stereocenters. The molecule has 56 valence electrons. The van der Waals surface area contributed by atoms with E-state index in [2.05, 4.69) is 23.0 Å². The number of hydrogen-bond acceptors (Lipinski definition) is 2. The van der Waals surface area contributed by atoms with E-state index in [0.29, 0.717) is 0 Å². The summed E-state index contributed by atoms with van der Waals surface area (Å²) in [5, 5.41) is 3.29. The molecule has 0 aliphatic carbocycles. The summed E-state index contributed by atoms with van der Waals surface area (Å²) >= 11 is 0. The number of nitrogens with zero attached hydrogens (tertiary/aromatic N) is 1. The second-order valence-electron chi connectivity index (χ2n) is 2.36. The van der Waals surface area contributed by atoms with Gasteiger partial charge in [0.2, 0.25) is 0 Å². The van der Waals surface area contributed by atoms with Gasteiger partial charge in [0, 0.05) is 26.2 Å². The third kappa shape index (κ3) is 2.23. The minimum Gasteiger partial charge on any atom is -0.375 e. The van der Waals surface area contributed by atoms with Gasteiger partial charge >= 0.3 is 0 Å². The monoisotopic (exact) mass is 138 g/mol. The molecule has 1 rings (SSSR count). The molecule has 0 bridgehead atoms. The van der Waals surface area contributed by atoms with Crippen molar-refractivity contribution in [2.45, 2.75) is 0 Å². The van der Waals surface area contributed by atoms with Crippen LogP contribution in [0.2, 0.25) is 0 Å². The van der Waals surface area contributed by atoms with Gasteiger partial charge in [-0.3, -0.25) is 0 Å². The van der Waals surface area contributed by atoms with Crippen molar-refractivity contribution in [2.75, 3.05) is 26.2 Å². The lowest BCUT2D eigenvalue weighted by Gasteiger charge is -2.25.